The monoisotopic (exact) mass is 253 g/mol. The normalized spacial score (nSPS) is 12.7. The van der Waals surface area contributed by atoms with Crippen molar-refractivity contribution in [3.63, 3.8) is 0 Å². The molecule has 0 bridgehead atoms. The third-order valence-electron chi connectivity index (χ3n) is 3.22. The molecule has 1 atom stereocenters. The Kier molecular flexibility index (Phi) is 3.27. The van der Waals surface area contributed by atoms with E-state index in [4.69, 9.17) is 10.3 Å². The first kappa shape index (κ1) is 11.9. The Morgan fingerprint density at radius 1 is 1.21 bits per heavy atom. The molecule has 3 N–H and O–H groups in total. The summed E-state index contributed by atoms with van der Waals surface area (Å²) in [6.07, 6.45) is 4.19. The van der Waals surface area contributed by atoms with Gasteiger partial charge in [0.05, 0.1) is 17.8 Å². The summed E-state index contributed by atoms with van der Waals surface area (Å²) in [7, 11) is 0. The van der Waals surface area contributed by atoms with E-state index in [-0.39, 0.29) is 6.04 Å². The van der Waals surface area contributed by atoms with Crippen molar-refractivity contribution in [3.8, 4) is 0 Å². The molecule has 0 radical (unpaired) electrons. The number of hydrazine groups is 1. The Morgan fingerprint density at radius 2 is 2.16 bits per heavy atom. The summed E-state index contributed by atoms with van der Waals surface area (Å²) in [5.74, 6) is 6.57. The number of benzene rings is 1. The fourth-order valence-electron chi connectivity index (χ4n) is 2.21. The lowest BCUT2D eigenvalue weighted by atomic mass is 10.0. The molecule has 1 unspecified atom stereocenters. The molecule has 4 heteroatoms. The molecule has 0 aliphatic heterocycles. The third-order valence-corrected chi connectivity index (χ3v) is 3.22. The number of hydrogen-bond acceptors (Lipinski definition) is 4. The van der Waals surface area contributed by atoms with Crippen LogP contribution in [0.3, 0.4) is 0 Å². The van der Waals surface area contributed by atoms with Crippen molar-refractivity contribution in [2.75, 3.05) is 0 Å². The number of pyridine rings is 1. The maximum Gasteiger partial charge on any atom is 0.105 e. The molecule has 3 aromatic rings. The minimum Gasteiger partial charge on any atom is -0.469 e. The van der Waals surface area contributed by atoms with Crippen molar-refractivity contribution in [2.45, 2.75) is 12.5 Å². The molecule has 0 saturated carbocycles. The second-order valence-electron chi connectivity index (χ2n) is 4.46. The van der Waals surface area contributed by atoms with Gasteiger partial charge < -0.3 is 4.42 Å². The van der Waals surface area contributed by atoms with Crippen LogP contribution in [0.2, 0.25) is 0 Å². The highest BCUT2D eigenvalue weighted by Gasteiger charge is 2.12. The van der Waals surface area contributed by atoms with Crippen LogP contribution < -0.4 is 11.3 Å². The summed E-state index contributed by atoms with van der Waals surface area (Å²) >= 11 is 0. The van der Waals surface area contributed by atoms with Crippen LogP contribution in [-0.2, 0) is 6.42 Å². The topological polar surface area (TPSA) is 64.1 Å². The zero-order valence-corrected chi connectivity index (χ0v) is 10.4. The van der Waals surface area contributed by atoms with E-state index in [0.29, 0.717) is 0 Å². The predicted octanol–water partition coefficient (Wildman–Crippen LogP) is 2.57. The highest BCUT2D eigenvalue weighted by molar-refractivity contribution is 5.79. The van der Waals surface area contributed by atoms with Crippen molar-refractivity contribution < 1.29 is 4.42 Å². The summed E-state index contributed by atoms with van der Waals surface area (Å²) in [6.45, 7) is 0. The molecule has 0 saturated heterocycles. The van der Waals surface area contributed by atoms with Crippen LogP contribution in [0, 0.1) is 0 Å². The first-order valence-electron chi connectivity index (χ1n) is 6.20. The number of rotatable bonds is 4. The number of fused-ring (bicyclic) bond motifs is 1. The van der Waals surface area contributed by atoms with E-state index in [2.05, 4.69) is 16.5 Å². The van der Waals surface area contributed by atoms with Gasteiger partial charge in [-0.1, -0.05) is 12.1 Å². The summed E-state index contributed by atoms with van der Waals surface area (Å²) in [5.41, 5.74) is 4.95. The lowest BCUT2D eigenvalue weighted by Gasteiger charge is -2.15. The van der Waals surface area contributed by atoms with Gasteiger partial charge in [0.2, 0.25) is 0 Å². The third kappa shape index (κ3) is 2.50. The molecule has 2 heterocycles. The van der Waals surface area contributed by atoms with Gasteiger partial charge in [0.15, 0.2) is 0 Å². The molecular formula is C15H15N3O. The molecule has 0 spiro atoms. The van der Waals surface area contributed by atoms with E-state index in [0.717, 1.165) is 28.6 Å². The van der Waals surface area contributed by atoms with Gasteiger partial charge in [0.1, 0.15) is 5.76 Å². The van der Waals surface area contributed by atoms with Gasteiger partial charge >= 0.3 is 0 Å². The molecule has 0 aliphatic rings. The SMILES string of the molecule is NNC(Cc1ccco1)c1ccc2ncccc2c1. The number of nitrogens with two attached hydrogens (primary N) is 1. The molecule has 4 nitrogen and oxygen atoms in total. The van der Waals surface area contributed by atoms with Gasteiger partial charge in [-0.3, -0.25) is 16.3 Å². The van der Waals surface area contributed by atoms with Gasteiger partial charge in [-0.05, 0) is 35.9 Å². The maximum atomic E-state index is 5.66. The molecular weight excluding hydrogens is 238 g/mol. The Hall–Kier alpha value is -2.17. The summed E-state index contributed by atoms with van der Waals surface area (Å²) < 4.78 is 5.37. The molecule has 1 aromatic carbocycles. The Morgan fingerprint density at radius 3 is 2.95 bits per heavy atom. The van der Waals surface area contributed by atoms with E-state index in [9.17, 15) is 0 Å². The second-order valence-corrected chi connectivity index (χ2v) is 4.46. The molecule has 0 fully saturated rings. The summed E-state index contributed by atoms with van der Waals surface area (Å²) in [6, 6.07) is 14.0. The van der Waals surface area contributed by atoms with Crippen LogP contribution in [0.1, 0.15) is 17.4 Å². The second kappa shape index (κ2) is 5.22. The first-order chi connectivity index (χ1) is 9.36. The molecule has 19 heavy (non-hydrogen) atoms. The zero-order chi connectivity index (χ0) is 13.1. The van der Waals surface area contributed by atoms with Crippen molar-refractivity contribution in [1.29, 1.82) is 0 Å². The van der Waals surface area contributed by atoms with Crippen molar-refractivity contribution in [3.05, 3.63) is 66.2 Å². The van der Waals surface area contributed by atoms with Crippen molar-refractivity contribution in [1.82, 2.24) is 10.4 Å². The van der Waals surface area contributed by atoms with Crippen LogP contribution in [0.5, 0.6) is 0 Å². The van der Waals surface area contributed by atoms with Crippen LogP contribution in [0.4, 0.5) is 0 Å². The molecule has 0 aliphatic carbocycles. The van der Waals surface area contributed by atoms with Crippen LogP contribution >= 0.6 is 0 Å². The number of furan rings is 1. The van der Waals surface area contributed by atoms with Gasteiger partial charge in [0.25, 0.3) is 0 Å². The first-order valence-corrected chi connectivity index (χ1v) is 6.20. The Balaban J connectivity index is 1.92. The number of nitrogens with zero attached hydrogens (tertiary/aromatic N) is 1. The quantitative estimate of drug-likeness (QED) is 0.554. The maximum absolute atomic E-state index is 5.66. The van der Waals surface area contributed by atoms with Gasteiger partial charge in [-0.15, -0.1) is 0 Å². The highest BCUT2D eigenvalue weighted by Crippen LogP contribution is 2.21. The summed E-state index contributed by atoms with van der Waals surface area (Å²) in [4.78, 5) is 4.31. The number of nitrogens with one attached hydrogen (secondary N) is 1. The Bertz CT molecular complexity index is 664. The standard InChI is InChI=1S/C15H15N3O/c16-18-15(10-13-4-2-8-19-13)12-5-6-14-11(9-12)3-1-7-17-14/h1-9,15,18H,10,16H2. The molecule has 2 aromatic heterocycles. The van der Waals surface area contributed by atoms with E-state index in [1.165, 1.54) is 0 Å². The van der Waals surface area contributed by atoms with Gasteiger partial charge in [0, 0.05) is 18.0 Å². The molecule has 96 valence electrons. The summed E-state index contributed by atoms with van der Waals surface area (Å²) in [5, 5.41) is 1.11. The van der Waals surface area contributed by atoms with Gasteiger partial charge in [-0.2, -0.15) is 0 Å². The number of hydrogen-bond donors (Lipinski definition) is 2. The average molecular weight is 253 g/mol. The lowest BCUT2D eigenvalue weighted by molar-refractivity contribution is 0.455. The van der Waals surface area contributed by atoms with Crippen LogP contribution in [-0.4, -0.2) is 4.98 Å². The lowest BCUT2D eigenvalue weighted by Crippen LogP contribution is -2.29. The highest BCUT2D eigenvalue weighted by atomic mass is 16.3. The minimum absolute atomic E-state index is 0.0238. The molecule has 3 rings (SSSR count). The van der Waals surface area contributed by atoms with E-state index in [1.807, 2.05) is 36.4 Å². The van der Waals surface area contributed by atoms with E-state index < -0.39 is 0 Å². The zero-order valence-electron chi connectivity index (χ0n) is 10.4. The Labute approximate surface area is 111 Å². The van der Waals surface area contributed by atoms with Crippen molar-refractivity contribution >= 4 is 10.9 Å². The van der Waals surface area contributed by atoms with E-state index >= 15 is 0 Å². The smallest absolute Gasteiger partial charge is 0.105 e. The van der Waals surface area contributed by atoms with Crippen molar-refractivity contribution in [2.24, 2.45) is 5.84 Å². The minimum atomic E-state index is 0.0238. The van der Waals surface area contributed by atoms with Gasteiger partial charge in [-0.25, -0.2) is 0 Å². The van der Waals surface area contributed by atoms with E-state index in [1.54, 1.807) is 12.5 Å². The number of aromatic nitrogens is 1. The molecule has 0 amide bonds. The largest absolute Gasteiger partial charge is 0.469 e. The average Bonchev–Trinajstić information content (AvgIpc) is 2.97. The van der Waals surface area contributed by atoms with Crippen LogP contribution in [0.25, 0.3) is 10.9 Å². The predicted molar refractivity (Wildman–Crippen MR) is 74.2 cm³/mol. The fraction of sp³-hybridized carbons (Fsp3) is 0.133. The van der Waals surface area contributed by atoms with Crippen LogP contribution in [0.15, 0.2) is 59.3 Å². The fourth-order valence-corrected chi connectivity index (χ4v) is 2.21.